The van der Waals surface area contributed by atoms with Gasteiger partial charge in [0.2, 0.25) is 0 Å². The zero-order chi connectivity index (χ0) is 26.8. The number of hydrogen-bond donors (Lipinski definition) is 0. The lowest BCUT2D eigenvalue weighted by atomic mass is 9.82. The van der Waals surface area contributed by atoms with Crippen LogP contribution in [0.3, 0.4) is 0 Å². The molecule has 0 N–H and O–H groups in total. The highest BCUT2D eigenvalue weighted by atomic mass is 32.1. The molecule has 0 unspecified atom stereocenters. The fourth-order valence-corrected chi connectivity index (χ4v) is 8.66. The molecule has 0 spiro atoms. The van der Waals surface area contributed by atoms with Crippen LogP contribution < -0.4 is 0 Å². The van der Waals surface area contributed by atoms with Gasteiger partial charge >= 0.3 is 0 Å². The second-order valence-corrected chi connectivity index (χ2v) is 14.1. The van der Waals surface area contributed by atoms with Crippen molar-refractivity contribution in [1.29, 1.82) is 0 Å². The maximum atomic E-state index is 4.98. The van der Waals surface area contributed by atoms with E-state index in [1.54, 1.807) is 0 Å². The number of fused-ring (bicyclic) bond motifs is 3. The Morgan fingerprint density at radius 3 is 2.29 bits per heavy atom. The second-order valence-electron chi connectivity index (χ2n) is 12.0. The smallest absolute Gasteiger partial charge is 0.0880 e. The van der Waals surface area contributed by atoms with Gasteiger partial charge in [-0.05, 0) is 88.0 Å². The fraction of sp³-hybridized carbons (Fsp3) is 0.286. The Hall–Kier alpha value is -3.01. The van der Waals surface area contributed by atoms with Crippen molar-refractivity contribution >= 4 is 53.6 Å². The summed E-state index contributed by atoms with van der Waals surface area (Å²) in [5, 5.41) is 5.32. The fourth-order valence-electron chi connectivity index (χ4n) is 5.71. The van der Waals surface area contributed by atoms with Gasteiger partial charge < -0.3 is 0 Å². The predicted molar refractivity (Wildman–Crippen MR) is 170 cm³/mol. The molecule has 3 aromatic carbocycles. The number of rotatable bonds is 4. The predicted octanol–water partition coefficient (Wildman–Crippen LogP) is 11.1. The molecule has 1 nitrogen and oxygen atoms in total. The van der Waals surface area contributed by atoms with Gasteiger partial charge in [-0.3, -0.25) is 4.98 Å². The van der Waals surface area contributed by atoms with E-state index in [-0.39, 0.29) is 5.41 Å². The van der Waals surface area contributed by atoms with E-state index in [0.29, 0.717) is 5.92 Å². The van der Waals surface area contributed by atoms with Crippen LogP contribution in [0.25, 0.3) is 52.6 Å². The molecule has 0 amide bonds. The van der Waals surface area contributed by atoms with Crippen LogP contribution in [0.5, 0.6) is 0 Å². The molecule has 0 aliphatic carbocycles. The minimum atomic E-state index is 0.0421. The molecule has 0 atom stereocenters. The normalized spacial score (nSPS) is 12.4. The highest BCUT2D eigenvalue weighted by Crippen LogP contribution is 2.47. The largest absolute Gasteiger partial charge is 0.255 e. The Labute approximate surface area is 234 Å². The highest BCUT2D eigenvalue weighted by Gasteiger charge is 2.22. The first-order valence-corrected chi connectivity index (χ1v) is 15.2. The molecule has 0 saturated heterocycles. The van der Waals surface area contributed by atoms with Crippen LogP contribution in [-0.2, 0) is 11.8 Å². The third-order valence-electron chi connectivity index (χ3n) is 7.70. The van der Waals surface area contributed by atoms with Crippen molar-refractivity contribution in [3.05, 3.63) is 88.4 Å². The van der Waals surface area contributed by atoms with Gasteiger partial charge in [-0.25, -0.2) is 0 Å². The molecular formula is C35H35NS2. The van der Waals surface area contributed by atoms with Crippen molar-refractivity contribution in [1.82, 2.24) is 4.98 Å². The van der Waals surface area contributed by atoms with Crippen molar-refractivity contribution in [3.63, 3.8) is 0 Å². The van der Waals surface area contributed by atoms with E-state index in [1.807, 2.05) is 28.9 Å². The van der Waals surface area contributed by atoms with E-state index in [1.165, 1.54) is 68.5 Å². The van der Waals surface area contributed by atoms with E-state index < -0.39 is 0 Å². The molecule has 0 bridgehead atoms. The first-order valence-electron chi connectivity index (χ1n) is 13.6. The lowest BCUT2D eigenvalue weighted by Gasteiger charge is -2.22. The van der Waals surface area contributed by atoms with Crippen LogP contribution >= 0.6 is 22.7 Å². The topological polar surface area (TPSA) is 12.9 Å². The van der Waals surface area contributed by atoms with Gasteiger partial charge in [0.1, 0.15) is 0 Å². The molecule has 6 aromatic rings. The Kier molecular flexibility index (Phi) is 6.20. The summed E-state index contributed by atoms with van der Waals surface area (Å²) >= 11 is 3.90. The SMILES string of the molecule is Cc1c(CC(C)C)sc2c(-c3sc4c(-c5cc(C(C)(C)C)c6ccccc6c5)nccc4c3C)cccc12. The summed E-state index contributed by atoms with van der Waals surface area (Å²) < 4.78 is 2.70. The first kappa shape index (κ1) is 25.3. The molecular weight excluding hydrogens is 499 g/mol. The maximum absolute atomic E-state index is 4.98. The quantitative estimate of drug-likeness (QED) is 0.220. The number of aromatic nitrogens is 1. The zero-order valence-electron chi connectivity index (χ0n) is 23.4. The Morgan fingerprint density at radius 2 is 1.53 bits per heavy atom. The summed E-state index contributed by atoms with van der Waals surface area (Å²) in [6.45, 7) is 16.1. The number of pyridine rings is 1. The third kappa shape index (κ3) is 4.17. The number of hydrogen-bond acceptors (Lipinski definition) is 3. The lowest BCUT2D eigenvalue weighted by Crippen LogP contribution is -2.12. The summed E-state index contributed by atoms with van der Waals surface area (Å²) in [5.41, 5.74) is 7.88. The first-order chi connectivity index (χ1) is 18.1. The summed E-state index contributed by atoms with van der Waals surface area (Å²) in [6, 6.07) is 22.5. The van der Waals surface area contributed by atoms with E-state index in [0.717, 1.165) is 12.1 Å². The number of nitrogens with zero attached hydrogens (tertiary/aromatic N) is 1. The van der Waals surface area contributed by atoms with Gasteiger partial charge in [-0.1, -0.05) is 77.1 Å². The minimum absolute atomic E-state index is 0.0421. The Balaban J connectivity index is 1.58. The van der Waals surface area contributed by atoms with Crippen LogP contribution in [-0.4, -0.2) is 4.98 Å². The average molecular weight is 534 g/mol. The van der Waals surface area contributed by atoms with Gasteiger partial charge in [0.05, 0.1) is 10.4 Å². The third-order valence-corrected chi connectivity index (χ3v) is 10.4. The highest BCUT2D eigenvalue weighted by molar-refractivity contribution is 7.24. The van der Waals surface area contributed by atoms with Gasteiger partial charge in [-0.2, -0.15) is 0 Å². The van der Waals surface area contributed by atoms with E-state index in [9.17, 15) is 0 Å². The maximum Gasteiger partial charge on any atom is 0.0880 e. The van der Waals surface area contributed by atoms with Crippen LogP contribution in [0.2, 0.25) is 0 Å². The monoisotopic (exact) mass is 533 g/mol. The molecule has 0 saturated carbocycles. The molecule has 0 radical (unpaired) electrons. The van der Waals surface area contributed by atoms with Crippen molar-refractivity contribution in [2.45, 2.75) is 60.3 Å². The molecule has 3 heteroatoms. The molecule has 3 aromatic heterocycles. The summed E-state index contributed by atoms with van der Waals surface area (Å²) in [6.07, 6.45) is 3.13. The lowest BCUT2D eigenvalue weighted by molar-refractivity contribution is 0.596. The Morgan fingerprint density at radius 1 is 0.789 bits per heavy atom. The summed E-state index contributed by atoms with van der Waals surface area (Å²) in [5.74, 6) is 0.657. The number of aryl methyl sites for hydroxylation is 2. The van der Waals surface area contributed by atoms with Crippen molar-refractivity contribution < 1.29 is 0 Å². The van der Waals surface area contributed by atoms with Crippen molar-refractivity contribution in [2.75, 3.05) is 0 Å². The summed E-state index contributed by atoms with van der Waals surface area (Å²) in [7, 11) is 0. The van der Waals surface area contributed by atoms with Crippen LogP contribution in [0, 0.1) is 19.8 Å². The van der Waals surface area contributed by atoms with Crippen molar-refractivity contribution in [3.8, 4) is 21.7 Å². The molecule has 192 valence electrons. The molecule has 3 heterocycles. The molecule has 0 fully saturated rings. The van der Waals surface area contributed by atoms with Gasteiger partial charge in [0.25, 0.3) is 0 Å². The average Bonchev–Trinajstić information content (AvgIpc) is 3.38. The Bertz CT molecular complexity index is 1820. The van der Waals surface area contributed by atoms with Gasteiger partial charge in [-0.15, -0.1) is 22.7 Å². The number of benzene rings is 3. The van der Waals surface area contributed by atoms with E-state index in [4.69, 9.17) is 4.98 Å². The molecule has 0 aliphatic rings. The minimum Gasteiger partial charge on any atom is -0.255 e. The van der Waals surface area contributed by atoms with Gasteiger partial charge in [0.15, 0.2) is 0 Å². The van der Waals surface area contributed by atoms with Crippen LogP contribution in [0.15, 0.2) is 66.9 Å². The standard InChI is InChI=1S/C35H35NS2/c1-20(2)17-30-21(3)25-13-10-14-28(33(25)37-30)32-22(4)26-15-16-36-31(34(26)38-32)24-18-23-11-8-9-12-27(23)29(19-24)35(5,6)7/h8-16,18-20H,17H2,1-7H3. The molecule has 6 rings (SSSR count). The number of thiophene rings is 2. The molecule has 38 heavy (non-hydrogen) atoms. The molecule has 0 aliphatic heterocycles. The van der Waals surface area contributed by atoms with Gasteiger partial charge in [0, 0.05) is 31.8 Å². The van der Waals surface area contributed by atoms with E-state index >= 15 is 0 Å². The van der Waals surface area contributed by atoms with Crippen molar-refractivity contribution in [2.24, 2.45) is 5.92 Å². The van der Waals surface area contributed by atoms with E-state index in [2.05, 4.69) is 109 Å². The van der Waals surface area contributed by atoms with Crippen LogP contribution in [0.1, 0.15) is 56.2 Å². The second kappa shape index (κ2) is 9.32. The zero-order valence-corrected chi connectivity index (χ0v) is 25.0. The van der Waals surface area contributed by atoms with Crippen LogP contribution in [0.4, 0.5) is 0 Å². The summed E-state index contributed by atoms with van der Waals surface area (Å²) in [4.78, 5) is 7.87.